The van der Waals surface area contributed by atoms with Crippen molar-refractivity contribution >= 4 is 21.6 Å². The Morgan fingerprint density at radius 2 is 1.83 bits per heavy atom. The summed E-state index contributed by atoms with van der Waals surface area (Å²) in [7, 11) is -2.23. The van der Waals surface area contributed by atoms with Gasteiger partial charge in [0.2, 0.25) is 10.0 Å². The lowest BCUT2D eigenvalue weighted by Crippen LogP contribution is -2.35. The van der Waals surface area contributed by atoms with Gasteiger partial charge in [-0.3, -0.25) is 9.59 Å². The number of ether oxygens (including phenoxy) is 1. The third-order valence-electron chi connectivity index (χ3n) is 4.71. The Bertz CT molecular complexity index is 1090. The van der Waals surface area contributed by atoms with Crippen molar-refractivity contribution in [2.24, 2.45) is 7.05 Å². The Balaban J connectivity index is 1.95. The highest BCUT2D eigenvalue weighted by atomic mass is 32.2. The van der Waals surface area contributed by atoms with Gasteiger partial charge in [0.1, 0.15) is 11.4 Å². The molecule has 10 heteroatoms. The highest BCUT2D eigenvalue weighted by Gasteiger charge is 2.27. The molecule has 1 aliphatic rings. The number of aromatic nitrogens is 2. The van der Waals surface area contributed by atoms with E-state index in [-0.39, 0.29) is 27.9 Å². The fourth-order valence-corrected chi connectivity index (χ4v) is 4.73. The van der Waals surface area contributed by atoms with Crippen molar-refractivity contribution in [2.75, 3.05) is 18.4 Å². The first-order valence-corrected chi connectivity index (χ1v) is 11.3. The topological polar surface area (TPSA) is 111 Å². The molecule has 0 bridgehead atoms. The Labute approximate surface area is 175 Å². The van der Waals surface area contributed by atoms with E-state index < -0.39 is 15.9 Å². The van der Waals surface area contributed by atoms with Crippen molar-refractivity contribution in [3.05, 3.63) is 46.4 Å². The summed E-state index contributed by atoms with van der Waals surface area (Å²) in [6, 6.07) is 6.99. The van der Waals surface area contributed by atoms with E-state index in [1.54, 1.807) is 6.07 Å². The first-order valence-electron chi connectivity index (χ1n) is 9.85. The van der Waals surface area contributed by atoms with Gasteiger partial charge in [0, 0.05) is 26.2 Å². The summed E-state index contributed by atoms with van der Waals surface area (Å²) in [5.74, 6) is -0.229. The minimum atomic E-state index is -3.68. The quantitative estimate of drug-likeness (QED) is 0.744. The van der Waals surface area contributed by atoms with Crippen LogP contribution in [0.4, 0.5) is 5.69 Å². The van der Waals surface area contributed by atoms with Crippen LogP contribution in [0.25, 0.3) is 0 Å². The van der Waals surface area contributed by atoms with E-state index in [1.807, 2.05) is 13.8 Å². The number of sulfonamides is 1. The molecule has 1 aliphatic heterocycles. The van der Waals surface area contributed by atoms with Crippen molar-refractivity contribution in [2.45, 2.75) is 44.1 Å². The average Bonchev–Trinajstić information content (AvgIpc) is 2.71. The number of nitrogens with zero attached hydrogens (tertiary/aromatic N) is 3. The summed E-state index contributed by atoms with van der Waals surface area (Å²) in [4.78, 5) is 24.3. The third kappa shape index (κ3) is 4.88. The lowest BCUT2D eigenvalue weighted by Gasteiger charge is -2.26. The number of hydrogen-bond acceptors (Lipinski definition) is 6. The first-order chi connectivity index (χ1) is 14.2. The SMILES string of the molecule is CC(C)Oc1ccc(S(=O)(=O)N2CCCCC2)cc1NC(=O)c1ccc(=O)n(C)n1. The summed E-state index contributed by atoms with van der Waals surface area (Å²) in [6.07, 6.45) is 2.49. The van der Waals surface area contributed by atoms with Crippen LogP contribution >= 0.6 is 0 Å². The molecule has 2 aromatic rings. The molecule has 3 rings (SSSR count). The van der Waals surface area contributed by atoms with E-state index >= 15 is 0 Å². The zero-order valence-corrected chi connectivity index (χ0v) is 18.1. The summed E-state index contributed by atoms with van der Waals surface area (Å²) < 4.78 is 34.3. The van der Waals surface area contributed by atoms with Crippen molar-refractivity contribution in [1.29, 1.82) is 0 Å². The zero-order valence-electron chi connectivity index (χ0n) is 17.3. The van der Waals surface area contributed by atoms with E-state index in [1.165, 1.54) is 35.6 Å². The molecule has 1 N–H and O–H groups in total. The van der Waals surface area contributed by atoms with Gasteiger partial charge in [-0.2, -0.15) is 9.40 Å². The molecular weight excluding hydrogens is 408 g/mol. The van der Waals surface area contributed by atoms with Gasteiger partial charge in [0.25, 0.3) is 11.5 Å². The molecular formula is C20H26N4O5S. The number of benzene rings is 1. The van der Waals surface area contributed by atoms with Crippen LogP contribution in [0.5, 0.6) is 5.75 Å². The fraction of sp³-hybridized carbons (Fsp3) is 0.450. The highest BCUT2D eigenvalue weighted by molar-refractivity contribution is 7.89. The maximum atomic E-state index is 13.0. The Morgan fingerprint density at radius 3 is 2.47 bits per heavy atom. The van der Waals surface area contributed by atoms with Gasteiger partial charge in [-0.05, 0) is 51.0 Å². The number of piperidine rings is 1. The summed E-state index contributed by atoms with van der Waals surface area (Å²) in [5, 5.41) is 6.60. The molecule has 9 nitrogen and oxygen atoms in total. The number of carbonyl (C=O) groups excluding carboxylic acids is 1. The van der Waals surface area contributed by atoms with E-state index in [4.69, 9.17) is 4.74 Å². The average molecular weight is 435 g/mol. The number of hydrogen-bond donors (Lipinski definition) is 1. The van der Waals surface area contributed by atoms with Crippen molar-refractivity contribution < 1.29 is 17.9 Å². The van der Waals surface area contributed by atoms with Crippen LogP contribution in [0.15, 0.2) is 40.0 Å². The Morgan fingerprint density at radius 1 is 1.13 bits per heavy atom. The molecule has 0 saturated carbocycles. The van der Waals surface area contributed by atoms with E-state index in [2.05, 4.69) is 10.4 Å². The Kier molecular flexibility index (Phi) is 6.57. The maximum Gasteiger partial charge on any atom is 0.276 e. The van der Waals surface area contributed by atoms with Gasteiger partial charge in [0.05, 0.1) is 16.7 Å². The predicted molar refractivity (Wildman–Crippen MR) is 112 cm³/mol. The molecule has 0 atom stereocenters. The van der Waals surface area contributed by atoms with Crippen LogP contribution in [-0.2, 0) is 17.1 Å². The molecule has 1 fully saturated rings. The third-order valence-corrected chi connectivity index (χ3v) is 6.60. The normalized spacial score (nSPS) is 15.2. The van der Waals surface area contributed by atoms with Gasteiger partial charge in [-0.25, -0.2) is 13.1 Å². The van der Waals surface area contributed by atoms with Crippen LogP contribution in [0.1, 0.15) is 43.6 Å². The molecule has 162 valence electrons. The standard InChI is InChI=1S/C20H26N4O5S/c1-14(2)29-18-9-7-15(30(27,28)24-11-5-4-6-12-24)13-17(18)21-20(26)16-8-10-19(25)23(3)22-16/h7-10,13-14H,4-6,11-12H2,1-3H3,(H,21,26). The monoisotopic (exact) mass is 434 g/mol. The zero-order chi connectivity index (χ0) is 21.9. The molecule has 0 spiro atoms. The molecule has 0 unspecified atom stereocenters. The largest absolute Gasteiger partial charge is 0.489 e. The number of anilines is 1. The highest BCUT2D eigenvalue weighted by Crippen LogP contribution is 2.31. The van der Waals surface area contributed by atoms with E-state index in [0.29, 0.717) is 18.8 Å². The number of aryl methyl sites for hydroxylation is 1. The molecule has 30 heavy (non-hydrogen) atoms. The molecule has 1 saturated heterocycles. The smallest absolute Gasteiger partial charge is 0.276 e. The van der Waals surface area contributed by atoms with Gasteiger partial charge < -0.3 is 10.1 Å². The number of rotatable bonds is 6. The second-order valence-electron chi connectivity index (χ2n) is 7.42. The van der Waals surface area contributed by atoms with Gasteiger partial charge in [-0.15, -0.1) is 0 Å². The maximum absolute atomic E-state index is 13.0. The van der Waals surface area contributed by atoms with Crippen molar-refractivity contribution in [1.82, 2.24) is 14.1 Å². The summed E-state index contributed by atoms with van der Waals surface area (Å²) in [6.45, 7) is 4.63. The van der Waals surface area contributed by atoms with Gasteiger partial charge in [-0.1, -0.05) is 6.42 Å². The molecule has 1 aromatic carbocycles. The predicted octanol–water partition coefficient (Wildman–Crippen LogP) is 1.99. The van der Waals surface area contributed by atoms with Crippen LogP contribution < -0.4 is 15.6 Å². The second-order valence-corrected chi connectivity index (χ2v) is 9.36. The molecule has 1 aromatic heterocycles. The van der Waals surface area contributed by atoms with E-state index in [9.17, 15) is 18.0 Å². The van der Waals surface area contributed by atoms with Gasteiger partial charge in [0.15, 0.2) is 0 Å². The second kappa shape index (κ2) is 8.97. The van der Waals surface area contributed by atoms with Crippen molar-refractivity contribution in [3.8, 4) is 5.75 Å². The van der Waals surface area contributed by atoms with Crippen LogP contribution in [0.2, 0.25) is 0 Å². The van der Waals surface area contributed by atoms with E-state index in [0.717, 1.165) is 23.9 Å². The number of amides is 1. The lowest BCUT2D eigenvalue weighted by atomic mass is 10.2. The minimum Gasteiger partial charge on any atom is -0.489 e. The lowest BCUT2D eigenvalue weighted by molar-refractivity contribution is 0.101. The summed E-state index contributed by atoms with van der Waals surface area (Å²) in [5.41, 5.74) is -0.0932. The van der Waals surface area contributed by atoms with Crippen LogP contribution in [0.3, 0.4) is 0 Å². The minimum absolute atomic E-state index is 0.0249. The number of nitrogens with one attached hydrogen (secondary N) is 1. The first kappa shape index (κ1) is 22.0. The molecule has 0 radical (unpaired) electrons. The molecule has 1 amide bonds. The number of carbonyl (C=O) groups is 1. The van der Waals surface area contributed by atoms with Crippen LogP contribution in [-0.4, -0.2) is 47.6 Å². The van der Waals surface area contributed by atoms with Crippen molar-refractivity contribution in [3.63, 3.8) is 0 Å². The van der Waals surface area contributed by atoms with Crippen LogP contribution in [0, 0.1) is 0 Å². The Hall–Kier alpha value is -2.72. The summed E-state index contributed by atoms with van der Waals surface area (Å²) >= 11 is 0. The van der Waals surface area contributed by atoms with Gasteiger partial charge >= 0.3 is 0 Å². The molecule has 0 aliphatic carbocycles. The molecule has 2 heterocycles. The fourth-order valence-electron chi connectivity index (χ4n) is 3.19.